The number of anilines is 1. The van der Waals surface area contributed by atoms with Gasteiger partial charge in [-0.25, -0.2) is 0 Å². The topological polar surface area (TPSA) is 12.5 Å². The minimum atomic E-state index is 0.556. The molecule has 0 aromatic heterocycles. The number of hydrogen-bond acceptors (Lipinski definition) is 2. The molecule has 2 rings (SSSR count). The second-order valence-electron chi connectivity index (χ2n) is 3.86. The Morgan fingerprint density at radius 1 is 1.31 bits per heavy atom. The molecule has 0 bridgehead atoms. The van der Waals surface area contributed by atoms with Crippen LogP contribution >= 0.6 is 27.5 Å². The lowest BCUT2D eigenvalue weighted by Gasteiger charge is -2.24. The molecule has 0 unspecified atom stereocenters. The maximum absolute atomic E-state index is 5.97. The quantitative estimate of drug-likeness (QED) is 0.776. The van der Waals surface area contributed by atoms with E-state index in [0.29, 0.717) is 5.88 Å². The smallest absolute Gasteiger partial charge is 0.0641 e. The number of rotatable bonds is 2. The van der Waals surface area contributed by atoms with Crippen LogP contribution in [0.15, 0.2) is 22.7 Å². The number of nitrogens with zero attached hydrogens (tertiary/aromatic N) is 1. The summed E-state index contributed by atoms with van der Waals surface area (Å²) in [4.78, 5) is 2.36. The van der Waals surface area contributed by atoms with Crippen molar-refractivity contribution < 1.29 is 4.74 Å². The lowest BCUT2D eigenvalue weighted by molar-refractivity contribution is 0.152. The van der Waals surface area contributed by atoms with E-state index in [9.17, 15) is 0 Å². The van der Waals surface area contributed by atoms with Gasteiger partial charge >= 0.3 is 0 Å². The molecule has 1 aromatic carbocycles. The summed E-state index contributed by atoms with van der Waals surface area (Å²) in [6.07, 6.45) is 1.08. The van der Waals surface area contributed by atoms with Gasteiger partial charge in [0.2, 0.25) is 0 Å². The first-order chi connectivity index (χ1) is 7.81. The Bertz CT molecular complexity index is 351. The molecule has 0 atom stereocenters. The van der Waals surface area contributed by atoms with E-state index >= 15 is 0 Å². The second-order valence-corrected chi connectivity index (χ2v) is 5.04. The highest BCUT2D eigenvalue weighted by Crippen LogP contribution is 2.27. The average Bonchev–Trinajstić information content (AvgIpc) is 2.57. The predicted molar refractivity (Wildman–Crippen MR) is 71.3 cm³/mol. The van der Waals surface area contributed by atoms with Crippen LogP contribution in [-0.4, -0.2) is 26.3 Å². The molecule has 88 valence electrons. The van der Waals surface area contributed by atoms with Crippen molar-refractivity contribution in [3.05, 3.63) is 28.2 Å². The highest BCUT2D eigenvalue weighted by Gasteiger charge is 2.13. The van der Waals surface area contributed by atoms with Crippen molar-refractivity contribution in [1.82, 2.24) is 0 Å². The molecule has 1 aliphatic heterocycles. The summed E-state index contributed by atoms with van der Waals surface area (Å²) >= 11 is 9.48. The van der Waals surface area contributed by atoms with Gasteiger partial charge in [-0.15, -0.1) is 11.6 Å². The van der Waals surface area contributed by atoms with Crippen LogP contribution in [0, 0.1) is 0 Å². The lowest BCUT2D eigenvalue weighted by Crippen LogP contribution is -2.26. The van der Waals surface area contributed by atoms with Gasteiger partial charge in [0.1, 0.15) is 0 Å². The SMILES string of the molecule is ClCc1ccc(Br)cc1N1CCCOCC1. The van der Waals surface area contributed by atoms with Gasteiger partial charge in [-0.05, 0) is 24.1 Å². The molecule has 1 aliphatic rings. The Hall–Kier alpha value is -0.250. The fraction of sp³-hybridized carbons (Fsp3) is 0.500. The first kappa shape index (κ1) is 12.2. The number of hydrogen-bond donors (Lipinski definition) is 0. The lowest BCUT2D eigenvalue weighted by atomic mass is 10.1. The predicted octanol–water partition coefficient (Wildman–Crippen LogP) is 3.41. The standard InChI is InChI=1S/C12H15BrClNO/c13-11-3-2-10(9-14)12(8-11)15-4-1-6-16-7-5-15/h2-3,8H,1,4-7,9H2. The maximum atomic E-state index is 5.97. The van der Waals surface area contributed by atoms with Crippen LogP contribution in [0.25, 0.3) is 0 Å². The number of benzene rings is 1. The van der Waals surface area contributed by atoms with Crippen molar-refractivity contribution in [2.45, 2.75) is 12.3 Å². The summed E-state index contributed by atoms with van der Waals surface area (Å²) in [5, 5.41) is 0. The van der Waals surface area contributed by atoms with Crippen LogP contribution in [-0.2, 0) is 10.6 Å². The van der Waals surface area contributed by atoms with E-state index in [2.05, 4.69) is 33.0 Å². The molecule has 2 nitrogen and oxygen atoms in total. The van der Waals surface area contributed by atoms with E-state index in [-0.39, 0.29) is 0 Å². The minimum absolute atomic E-state index is 0.556. The summed E-state index contributed by atoms with van der Waals surface area (Å²) in [5.41, 5.74) is 2.42. The largest absolute Gasteiger partial charge is 0.380 e. The molecule has 0 saturated carbocycles. The Labute approximate surface area is 110 Å². The van der Waals surface area contributed by atoms with Crippen molar-refractivity contribution in [3.63, 3.8) is 0 Å². The molecule has 1 saturated heterocycles. The molecule has 0 spiro atoms. The molecule has 1 fully saturated rings. The Morgan fingerprint density at radius 2 is 2.19 bits per heavy atom. The van der Waals surface area contributed by atoms with E-state index in [4.69, 9.17) is 16.3 Å². The Balaban J connectivity index is 2.25. The van der Waals surface area contributed by atoms with Gasteiger partial charge in [-0.1, -0.05) is 22.0 Å². The van der Waals surface area contributed by atoms with E-state index in [1.165, 1.54) is 11.3 Å². The number of halogens is 2. The van der Waals surface area contributed by atoms with Crippen LogP contribution in [0.5, 0.6) is 0 Å². The Morgan fingerprint density at radius 3 is 3.00 bits per heavy atom. The molecule has 0 N–H and O–H groups in total. The summed E-state index contributed by atoms with van der Waals surface area (Å²) in [5.74, 6) is 0.556. The van der Waals surface area contributed by atoms with E-state index in [1.54, 1.807) is 0 Å². The zero-order chi connectivity index (χ0) is 11.4. The first-order valence-electron chi connectivity index (χ1n) is 5.48. The molecule has 1 heterocycles. The highest BCUT2D eigenvalue weighted by atomic mass is 79.9. The summed E-state index contributed by atoms with van der Waals surface area (Å²) < 4.78 is 6.56. The number of ether oxygens (including phenoxy) is 1. The van der Waals surface area contributed by atoms with Crippen molar-refractivity contribution in [2.24, 2.45) is 0 Å². The maximum Gasteiger partial charge on any atom is 0.0641 e. The summed E-state index contributed by atoms with van der Waals surface area (Å²) in [6, 6.07) is 6.26. The van der Waals surface area contributed by atoms with Gasteiger partial charge in [-0.3, -0.25) is 0 Å². The van der Waals surface area contributed by atoms with Gasteiger partial charge in [0.05, 0.1) is 6.61 Å². The molecule has 0 aliphatic carbocycles. The van der Waals surface area contributed by atoms with Crippen LogP contribution in [0.1, 0.15) is 12.0 Å². The third-order valence-electron chi connectivity index (χ3n) is 2.75. The molecular weight excluding hydrogens is 289 g/mol. The molecular formula is C12H15BrClNO. The van der Waals surface area contributed by atoms with Gasteiger partial charge in [0.25, 0.3) is 0 Å². The minimum Gasteiger partial charge on any atom is -0.380 e. The van der Waals surface area contributed by atoms with Crippen molar-refractivity contribution in [1.29, 1.82) is 0 Å². The zero-order valence-corrected chi connectivity index (χ0v) is 11.4. The third-order valence-corrected chi connectivity index (χ3v) is 3.54. The normalized spacial score (nSPS) is 17.2. The van der Waals surface area contributed by atoms with Crippen molar-refractivity contribution >= 4 is 33.2 Å². The zero-order valence-electron chi connectivity index (χ0n) is 9.09. The van der Waals surface area contributed by atoms with E-state index in [0.717, 1.165) is 37.2 Å². The molecule has 16 heavy (non-hydrogen) atoms. The van der Waals surface area contributed by atoms with Crippen LogP contribution in [0.4, 0.5) is 5.69 Å². The molecule has 0 radical (unpaired) electrons. The van der Waals surface area contributed by atoms with Crippen molar-refractivity contribution in [2.75, 3.05) is 31.2 Å². The third kappa shape index (κ3) is 2.90. The van der Waals surface area contributed by atoms with Crippen LogP contribution in [0.2, 0.25) is 0 Å². The van der Waals surface area contributed by atoms with E-state index < -0.39 is 0 Å². The molecule has 0 amide bonds. The van der Waals surface area contributed by atoms with Crippen LogP contribution in [0.3, 0.4) is 0 Å². The second kappa shape index (κ2) is 5.89. The molecule has 4 heteroatoms. The highest BCUT2D eigenvalue weighted by molar-refractivity contribution is 9.10. The Kier molecular flexibility index (Phi) is 4.50. The fourth-order valence-corrected chi connectivity index (χ4v) is 2.51. The number of alkyl halides is 1. The van der Waals surface area contributed by atoms with Crippen molar-refractivity contribution in [3.8, 4) is 0 Å². The van der Waals surface area contributed by atoms with Gasteiger partial charge < -0.3 is 9.64 Å². The van der Waals surface area contributed by atoms with Crippen LogP contribution < -0.4 is 4.90 Å². The fourth-order valence-electron chi connectivity index (χ4n) is 1.93. The van der Waals surface area contributed by atoms with Gasteiger partial charge in [-0.2, -0.15) is 0 Å². The average molecular weight is 305 g/mol. The van der Waals surface area contributed by atoms with Gasteiger partial charge in [0, 0.05) is 35.7 Å². The van der Waals surface area contributed by atoms with Gasteiger partial charge in [0.15, 0.2) is 0 Å². The first-order valence-corrected chi connectivity index (χ1v) is 6.81. The van der Waals surface area contributed by atoms with E-state index in [1.807, 2.05) is 6.07 Å². The monoisotopic (exact) mass is 303 g/mol. The molecule has 1 aromatic rings. The summed E-state index contributed by atoms with van der Waals surface area (Å²) in [6.45, 7) is 3.65. The summed E-state index contributed by atoms with van der Waals surface area (Å²) in [7, 11) is 0.